The van der Waals surface area contributed by atoms with E-state index in [1.807, 2.05) is 0 Å². The predicted molar refractivity (Wildman–Crippen MR) is 70.3 cm³/mol. The predicted octanol–water partition coefficient (Wildman–Crippen LogP) is 0.895. The van der Waals surface area contributed by atoms with E-state index in [1.54, 1.807) is 20.0 Å². The molecule has 1 aliphatic heterocycles. The first kappa shape index (κ1) is 14.6. The maximum absolute atomic E-state index is 13.7. The molecule has 1 N–H and O–H groups in total. The molecular formula is C13H19FN4O2. The number of halogens is 1. The molecule has 1 aliphatic rings. The van der Waals surface area contributed by atoms with Crippen molar-refractivity contribution >= 4 is 5.91 Å². The lowest BCUT2D eigenvalue weighted by Gasteiger charge is -2.38. The zero-order valence-corrected chi connectivity index (χ0v) is 11.7. The van der Waals surface area contributed by atoms with Gasteiger partial charge in [-0.15, -0.1) is 5.10 Å². The second kappa shape index (κ2) is 5.70. The van der Waals surface area contributed by atoms with E-state index >= 15 is 0 Å². The molecule has 0 radical (unpaired) electrons. The fourth-order valence-corrected chi connectivity index (χ4v) is 2.39. The summed E-state index contributed by atoms with van der Waals surface area (Å²) in [6, 6.07) is 0. The fourth-order valence-electron chi connectivity index (χ4n) is 2.39. The standard InChI is InChI=1S/C13H19FN4O2/c1-10(2)11(14)12(19)17-6-3-4-13(20,8-17)9-18-7-5-15-16-18/h5,7,20H,3-4,6,8-9H2,1-2H3. The van der Waals surface area contributed by atoms with Crippen molar-refractivity contribution in [2.45, 2.75) is 38.8 Å². The Bertz CT molecular complexity index is 510. The Kier molecular flexibility index (Phi) is 4.17. The highest BCUT2D eigenvalue weighted by molar-refractivity contribution is 5.92. The average molecular weight is 282 g/mol. The smallest absolute Gasteiger partial charge is 0.282 e. The lowest BCUT2D eigenvalue weighted by molar-refractivity contribution is -0.136. The first-order chi connectivity index (χ1) is 9.41. The molecule has 2 heterocycles. The van der Waals surface area contributed by atoms with Crippen molar-refractivity contribution in [2.75, 3.05) is 13.1 Å². The maximum Gasteiger partial charge on any atom is 0.282 e. The summed E-state index contributed by atoms with van der Waals surface area (Å²) in [7, 11) is 0. The first-order valence-electron chi connectivity index (χ1n) is 6.60. The molecule has 0 aromatic carbocycles. The number of rotatable bonds is 3. The molecule has 1 fully saturated rings. The maximum atomic E-state index is 13.7. The summed E-state index contributed by atoms with van der Waals surface area (Å²) in [4.78, 5) is 13.3. The van der Waals surface area contributed by atoms with Crippen LogP contribution in [-0.2, 0) is 11.3 Å². The number of β-amino-alcohol motifs (C(OH)–C–C–N with tert-alkyl or cyclic N) is 1. The van der Waals surface area contributed by atoms with Crippen molar-refractivity contribution in [3.05, 3.63) is 23.8 Å². The van der Waals surface area contributed by atoms with Gasteiger partial charge in [-0.3, -0.25) is 4.79 Å². The number of aromatic nitrogens is 3. The topological polar surface area (TPSA) is 71.2 Å². The number of carbonyl (C=O) groups excluding carboxylic acids is 1. The number of hydrogen-bond acceptors (Lipinski definition) is 4. The number of carbonyl (C=O) groups is 1. The van der Waals surface area contributed by atoms with Crippen LogP contribution in [-0.4, -0.2) is 49.6 Å². The Hall–Kier alpha value is -1.76. The van der Waals surface area contributed by atoms with Gasteiger partial charge in [0, 0.05) is 12.7 Å². The van der Waals surface area contributed by atoms with E-state index in [-0.39, 0.29) is 13.1 Å². The summed E-state index contributed by atoms with van der Waals surface area (Å²) in [5.74, 6) is -1.39. The third-order valence-corrected chi connectivity index (χ3v) is 3.40. The molecule has 0 aliphatic carbocycles. The van der Waals surface area contributed by atoms with Crippen molar-refractivity contribution in [1.29, 1.82) is 0 Å². The Morgan fingerprint density at radius 1 is 1.50 bits per heavy atom. The summed E-state index contributed by atoms with van der Waals surface area (Å²) in [5.41, 5.74) is -0.746. The Balaban J connectivity index is 2.08. The van der Waals surface area contributed by atoms with E-state index in [0.717, 1.165) is 0 Å². The minimum absolute atomic E-state index is 0.104. The van der Waals surface area contributed by atoms with E-state index < -0.39 is 17.3 Å². The van der Waals surface area contributed by atoms with Crippen LogP contribution in [0.25, 0.3) is 0 Å². The number of aliphatic hydroxyl groups is 1. The highest BCUT2D eigenvalue weighted by Crippen LogP contribution is 2.24. The van der Waals surface area contributed by atoms with E-state index in [9.17, 15) is 14.3 Å². The van der Waals surface area contributed by atoms with Gasteiger partial charge in [-0.1, -0.05) is 5.21 Å². The third-order valence-electron chi connectivity index (χ3n) is 3.40. The fraction of sp³-hybridized carbons (Fsp3) is 0.615. The van der Waals surface area contributed by atoms with Gasteiger partial charge < -0.3 is 10.0 Å². The summed E-state index contributed by atoms with van der Waals surface area (Å²) >= 11 is 0. The summed E-state index contributed by atoms with van der Waals surface area (Å²) in [6.45, 7) is 3.91. The minimum atomic E-state index is -1.09. The van der Waals surface area contributed by atoms with Gasteiger partial charge in [0.05, 0.1) is 19.3 Å². The molecule has 1 aromatic heterocycles. The van der Waals surface area contributed by atoms with Gasteiger partial charge >= 0.3 is 0 Å². The van der Waals surface area contributed by atoms with E-state index in [0.29, 0.717) is 25.0 Å². The lowest BCUT2D eigenvalue weighted by Crippen LogP contribution is -2.52. The van der Waals surface area contributed by atoms with Crippen molar-refractivity contribution in [3.63, 3.8) is 0 Å². The van der Waals surface area contributed by atoms with Crippen molar-refractivity contribution in [3.8, 4) is 0 Å². The monoisotopic (exact) mass is 282 g/mol. The van der Waals surface area contributed by atoms with Gasteiger partial charge in [-0.05, 0) is 32.3 Å². The van der Waals surface area contributed by atoms with Crippen molar-refractivity contribution < 1.29 is 14.3 Å². The van der Waals surface area contributed by atoms with Gasteiger partial charge in [0.2, 0.25) is 0 Å². The molecular weight excluding hydrogens is 263 g/mol. The van der Waals surface area contributed by atoms with E-state index in [2.05, 4.69) is 10.3 Å². The van der Waals surface area contributed by atoms with E-state index in [1.165, 1.54) is 15.8 Å². The van der Waals surface area contributed by atoms with Crippen molar-refractivity contribution in [2.24, 2.45) is 0 Å². The van der Waals surface area contributed by atoms with Crippen LogP contribution in [0.1, 0.15) is 26.7 Å². The van der Waals surface area contributed by atoms with Gasteiger partial charge in [0.1, 0.15) is 5.60 Å². The van der Waals surface area contributed by atoms with Gasteiger partial charge in [0.15, 0.2) is 5.83 Å². The molecule has 6 nitrogen and oxygen atoms in total. The number of amides is 1. The number of piperidine rings is 1. The SMILES string of the molecule is CC(C)=C(F)C(=O)N1CCCC(O)(Cn2ccnn2)C1. The van der Waals surface area contributed by atoms with E-state index in [4.69, 9.17) is 0 Å². The molecule has 1 atom stereocenters. The normalized spacial score (nSPS) is 22.7. The highest BCUT2D eigenvalue weighted by atomic mass is 19.1. The van der Waals surface area contributed by atoms with Crippen molar-refractivity contribution in [1.82, 2.24) is 19.9 Å². The van der Waals surface area contributed by atoms with Gasteiger partial charge in [-0.2, -0.15) is 0 Å². The summed E-state index contributed by atoms with van der Waals surface area (Å²) in [5, 5.41) is 18.0. The van der Waals surface area contributed by atoms with Crippen LogP contribution in [0, 0.1) is 0 Å². The number of hydrogen-bond donors (Lipinski definition) is 1. The zero-order chi connectivity index (χ0) is 14.8. The molecule has 2 rings (SSSR count). The number of allylic oxidation sites excluding steroid dienone is 1. The third kappa shape index (κ3) is 3.22. The number of nitrogens with zero attached hydrogens (tertiary/aromatic N) is 4. The summed E-state index contributed by atoms with van der Waals surface area (Å²) < 4.78 is 15.2. The van der Waals surface area contributed by atoms with Gasteiger partial charge in [0.25, 0.3) is 5.91 Å². The first-order valence-corrected chi connectivity index (χ1v) is 6.60. The Morgan fingerprint density at radius 3 is 2.85 bits per heavy atom. The van der Waals surface area contributed by atoms with Crippen LogP contribution in [0.2, 0.25) is 0 Å². The molecule has 0 saturated carbocycles. The van der Waals surface area contributed by atoms with Crippen LogP contribution in [0.5, 0.6) is 0 Å². The highest BCUT2D eigenvalue weighted by Gasteiger charge is 2.36. The molecule has 1 amide bonds. The lowest BCUT2D eigenvalue weighted by atomic mass is 9.92. The molecule has 7 heteroatoms. The Morgan fingerprint density at radius 2 is 2.25 bits per heavy atom. The van der Waals surface area contributed by atoms with Crippen LogP contribution in [0.4, 0.5) is 4.39 Å². The van der Waals surface area contributed by atoms with Crippen LogP contribution in [0.3, 0.4) is 0 Å². The average Bonchev–Trinajstić information content (AvgIpc) is 2.89. The van der Waals surface area contributed by atoms with Crippen LogP contribution >= 0.6 is 0 Å². The largest absolute Gasteiger partial charge is 0.386 e. The van der Waals surface area contributed by atoms with Gasteiger partial charge in [-0.25, -0.2) is 9.07 Å². The molecule has 110 valence electrons. The quantitative estimate of drug-likeness (QED) is 0.836. The molecule has 1 aromatic rings. The second-order valence-corrected chi connectivity index (χ2v) is 5.47. The Labute approximate surface area is 116 Å². The molecule has 0 bridgehead atoms. The van der Waals surface area contributed by atoms with Crippen LogP contribution in [0.15, 0.2) is 23.8 Å². The summed E-state index contributed by atoms with van der Waals surface area (Å²) in [6.07, 6.45) is 4.35. The molecule has 0 spiro atoms. The molecule has 1 saturated heterocycles. The molecule has 20 heavy (non-hydrogen) atoms. The number of likely N-dealkylation sites (tertiary alicyclic amines) is 1. The molecule has 1 unspecified atom stereocenters. The van der Waals surface area contributed by atoms with Crippen LogP contribution < -0.4 is 0 Å². The second-order valence-electron chi connectivity index (χ2n) is 5.47. The zero-order valence-electron chi connectivity index (χ0n) is 11.7. The minimum Gasteiger partial charge on any atom is -0.386 e.